The zero-order valence-corrected chi connectivity index (χ0v) is 30.6. The molecule has 0 saturated heterocycles. The van der Waals surface area contributed by atoms with Crippen molar-refractivity contribution in [3.05, 3.63) is 0 Å². The van der Waals surface area contributed by atoms with Crippen LogP contribution in [-0.4, -0.2) is 217 Å². The topological polar surface area (TPSA) is 372 Å². The third kappa shape index (κ3) is 22.6. The van der Waals surface area contributed by atoms with E-state index in [1.54, 1.807) is 0 Å². The van der Waals surface area contributed by atoms with E-state index in [-0.39, 0.29) is 13.0 Å². The molecule has 0 aliphatic rings. The number of carbonyl (C=O) groups excluding carboxylic acids is 6. The van der Waals surface area contributed by atoms with Crippen LogP contribution in [0.4, 0.5) is 0 Å². The van der Waals surface area contributed by atoms with E-state index in [1.165, 1.54) is 11.9 Å². The lowest BCUT2D eigenvalue weighted by Crippen LogP contribution is -2.52. The standard InChI is InChI=1S/C31H47N7O18/c1-33(8-2-26(45)46)15-21(40)35(10-4-28(49)50)17-23(42)37(12-6-30(53)54)19-25(44)38(13-7-31(55)56)18-24(43)36(11-5-29(51)52)16-22(41)34(14-20(32)39)9-3-27(47)48/h2-19H2,1H3,(H2,32,39)(H,45,46)(H,47,48)(H,49,50)(H,51,52)(H,53,54)(H,55,56). The third-order valence-electron chi connectivity index (χ3n) is 7.51. The summed E-state index contributed by atoms with van der Waals surface area (Å²) in [5, 5.41) is 54.8. The predicted molar refractivity (Wildman–Crippen MR) is 183 cm³/mol. The minimum absolute atomic E-state index is 0.0931. The molecule has 0 spiro atoms. The van der Waals surface area contributed by atoms with Crippen molar-refractivity contribution in [1.29, 1.82) is 0 Å². The zero-order chi connectivity index (χ0) is 43.1. The molecule has 25 nitrogen and oxygen atoms in total. The monoisotopic (exact) mass is 805 g/mol. The third-order valence-corrected chi connectivity index (χ3v) is 7.51. The summed E-state index contributed by atoms with van der Waals surface area (Å²) in [5.41, 5.74) is 5.14. The molecule has 0 radical (unpaired) electrons. The molecule has 25 heteroatoms. The van der Waals surface area contributed by atoms with Gasteiger partial charge in [-0.15, -0.1) is 0 Å². The average Bonchev–Trinajstić information content (AvgIpc) is 3.08. The molecule has 8 N–H and O–H groups in total. The Morgan fingerprint density at radius 2 is 0.536 bits per heavy atom. The molecule has 6 amide bonds. The summed E-state index contributed by atoms with van der Waals surface area (Å²) in [5.74, 6) is -14.4. The summed E-state index contributed by atoms with van der Waals surface area (Å²) in [6.07, 6.45) is -3.88. The SMILES string of the molecule is CN(CCC(=O)O)CC(=O)N(CCC(=O)O)CC(=O)N(CCC(=O)O)CC(=O)N(CCC(=O)O)CC(=O)N(CCC(=O)O)CC(=O)N(CCC(=O)O)CC(N)=O. The Kier molecular flexibility index (Phi) is 22.7. The highest BCUT2D eigenvalue weighted by Gasteiger charge is 2.30. The van der Waals surface area contributed by atoms with Gasteiger partial charge in [0.1, 0.15) is 0 Å². The lowest BCUT2D eigenvalue weighted by molar-refractivity contribution is -0.150. The van der Waals surface area contributed by atoms with Crippen LogP contribution in [0.25, 0.3) is 0 Å². The molecule has 0 heterocycles. The van der Waals surface area contributed by atoms with Gasteiger partial charge in [-0.2, -0.15) is 0 Å². The van der Waals surface area contributed by atoms with E-state index in [0.29, 0.717) is 19.6 Å². The Labute approximate surface area is 318 Å². The first-order valence-corrected chi connectivity index (χ1v) is 16.7. The molecule has 314 valence electrons. The molecular formula is C31H47N7O18. The molecule has 0 bridgehead atoms. The molecule has 0 rings (SSSR count). The van der Waals surface area contributed by atoms with Gasteiger partial charge in [0, 0.05) is 39.3 Å². The van der Waals surface area contributed by atoms with E-state index >= 15 is 0 Å². The highest BCUT2D eigenvalue weighted by atomic mass is 16.4. The van der Waals surface area contributed by atoms with Crippen molar-refractivity contribution in [2.45, 2.75) is 38.5 Å². The van der Waals surface area contributed by atoms with Crippen molar-refractivity contribution in [3.63, 3.8) is 0 Å². The Morgan fingerprint density at radius 1 is 0.339 bits per heavy atom. The van der Waals surface area contributed by atoms with Crippen molar-refractivity contribution >= 4 is 71.3 Å². The molecule has 0 unspecified atom stereocenters. The second-order valence-electron chi connectivity index (χ2n) is 12.1. The number of carbonyl (C=O) groups is 12. The quantitative estimate of drug-likeness (QED) is 0.0359. The van der Waals surface area contributed by atoms with E-state index in [0.717, 1.165) is 4.90 Å². The van der Waals surface area contributed by atoms with E-state index in [2.05, 4.69) is 0 Å². The van der Waals surface area contributed by atoms with Crippen molar-refractivity contribution in [3.8, 4) is 0 Å². The maximum absolute atomic E-state index is 13.6. The van der Waals surface area contributed by atoms with E-state index in [9.17, 15) is 72.9 Å². The smallest absolute Gasteiger partial charge is 0.305 e. The molecule has 0 aromatic heterocycles. The maximum Gasteiger partial charge on any atom is 0.305 e. The first kappa shape index (κ1) is 49.6. The number of amides is 6. The Bertz CT molecular complexity index is 1490. The van der Waals surface area contributed by atoms with Crippen LogP contribution < -0.4 is 5.73 Å². The van der Waals surface area contributed by atoms with Crippen molar-refractivity contribution < 1.29 is 88.2 Å². The van der Waals surface area contributed by atoms with Gasteiger partial charge in [0.05, 0.1) is 77.8 Å². The summed E-state index contributed by atoms with van der Waals surface area (Å²) in [4.78, 5) is 150. The largest absolute Gasteiger partial charge is 0.481 e. The van der Waals surface area contributed by atoms with Crippen LogP contribution in [0.1, 0.15) is 38.5 Å². The normalized spacial score (nSPS) is 10.5. The van der Waals surface area contributed by atoms with Gasteiger partial charge in [-0.3, -0.25) is 62.4 Å². The number of rotatable bonds is 30. The average molecular weight is 806 g/mol. The number of carboxylic acid groups (broad SMARTS) is 6. The lowest BCUT2D eigenvalue weighted by atomic mass is 10.2. The van der Waals surface area contributed by atoms with E-state index in [4.69, 9.17) is 21.1 Å². The Morgan fingerprint density at radius 3 is 0.750 bits per heavy atom. The van der Waals surface area contributed by atoms with Crippen LogP contribution in [0.3, 0.4) is 0 Å². The summed E-state index contributed by atoms with van der Waals surface area (Å²) in [7, 11) is 1.39. The number of nitrogens with zero attached hydrogens (tertiary/aromatic N) is 6. The molecule has 0 fully saturated rings. The van der Waals surface area contributed by atoms with Crippen molar-refractivity contribution in [1.82, 2.24) is 29.4 Å². The van der Waals surface area contributed by atoms with Crippen LogP contribution >= 0.6 is 0 Å². The number of nitrogens with two attached hydrogens (primary N) is 1. The minimum atomic E-state index is -1.45. The molecule has 0 saturated carbocycles. The van der Waals surface area contributed by atoms with E-state index < -0.39 is 175 Å². The van der Waals surface area contributed by atoms with Gasteiger partial charge in [0.2, 0.25) is 35.4 Å². The van der Waals surface area contributed by atoms with Crippen molar-refractivity contribution in [2.24, 2.45) is 5.73 Å². The number of carboxylic acids is 6. The number of likely N-dealkylation sites (N-methyl/N-ethyl adjacent to an activating group) is 1. The summed E-state index contributed by atoms with van der Waals surface area (Å²) < 4.78 is 0. The maximum atomic E-state index is 13.6. The fourth-order valence-corrected chi connectivity index (χ4v) is 4.55. The van der Waals surface area contributed by atoms with Crippen LogP contribution in [0.15, 0.2) is 0 Å². The molecular weight excluding hydrogens is 758 g/mol. The Hall–Kier alpha value is -6.40. The fourth-order valence-electron chi connectivity index (χ4n) is 4.55. The van der Waals surface area contributed by atoms with Crippen LogP contribution in [-0.2, 0) is 57.5 Å². The molecule has 0 aliphatic heterocycles. The number of primary amides is 1. The van der Waals surface area contributed by atoms with Gasteiger partial charge >= 0.3 is 35.8 Å². The highest BCUT2D eigenvalue weighted by molar-refractivity contribution is 5.93. The Balaban J connectivity index is 6.44. The first-order chi connectivity index (χ1) is 26.0. The van der Waals surface area contributed by atoms with Crippen molar-refractivity contribution in [2.75, 3.05) is 85.6 Å². The summed E-state index contributed by atoms with van der Waals surface area (Å²) in [6.45, 7) is -8.21. The minimum Gasteiger partial charge on any atom is -0.481 e. The first-order valence-electron chi connectivity index (χ1n) is 16.7. The molecule has 0 aromatic carbocycles. The molecule has 0 atom stereocenters. The van der Waals surface area contributed by atoms with Gasteiger partial charge in [-0.05, 0) is 7.05 Å². The van der Waals surface area contributed by atoms with Gasteiger partial charge < -0.3 is 60.9 Å². The zero-order valence-electron chi connectivity index (χ0n) is 30.6. The van der Waals surface area contributed by atoms with Gasteiger partial charge in [0.25, 0.3) is 0 Å². The van der Waals surface area contributed by atoms with E-state index in [1.807, 2.05) is 0 Å². The van der Waals surface area contributed by atoms with Crippen LogP contribution in [0, 0.1) is 0 Å². The second kappa shape index (κ2) is 25.6. The van der Waals surface area contributed by atoms with Gasteiger partial charge in [0.15, 0.2) is 0 Å². The molecule has 0 aromatic rings. The fraction of sp³-hybridized carbons (Fsp3) is 0.613. The summed E-state index contributed by atoms with van der Waals surface area (Å²) >= 11 is 0. The lowest BCUT2D eigenvalue weighted by Gasteiger charge is -2.31. The molecule has 56 heavy (non-hydrogen) atoms. The number of hydrogen-bond acceptors (Lipinski definition) is 13. The van der Waals surface area contributed by atoms with Gasteiger partial charge in [-0.1, -0.05) is 0 Å². The van der Waals surface area contributed by atoms with Crippen LogP contribution in [0.5, 0.6) is 0 Å². The second-order valence-corrected chi connectivity index (χ2v) is 12.1. The van der Waals surface area contributed by atoms with Crippen LogP contribution in [0.2, 0.25) is 0 Å². The highest BCUT2D eigenvalue weighted by Crippen LogP contribution is 2.07. The number of hydrogen-bond donors (Lipinski definition) is 7. The molecule has 0 aliphatic carbocycles. The predicted octanol–water partition coefficient (Wildman–Crippen LogP) is -4.61. The van der Waals surface area contributed by atoms with Gasteiger partial charge in [-0.25, -0.2) is 0 Å². The number of aliphatic carboxylic acids is 6. The summed E-state index contributed by atoms with van der Waals surface area (Å²) in [6, 6.07) is 0.